The minimum Gasteiger partial charge on any atom is -0.508 e. The van der Waals surface area contributed by atoms with Gasteiger partial charge in [0.25, 0.3) is 0 Å². The summed E-state index contributed by atoms with van der Waals surface area (Å²) in [4.78, 5) is 13.1. The van der Waals surface area contributed by atoms with Gasteiger partial charge in [-0.1, -0.05) is 18.6 Å². The number of aromatic hydroxyl groups is 3. The molecule has 1 heterocycles. The monoisotopic (exact) mass is 454 g/mol. The van der Waals surface area contributed by atoms with Crippen molar-refractivity contribution in [1.82, 2.24) is 0 Å². The Kier molecular flexibility index (Phi) is 7.33. The Morgan fingerprint density at radius 3 is 2.45 bits per heavy atom. The predicted molar refractivity (Wildman–Crippen MR) is 127 cm³/mol. The van der Waals surface area contributed by atoms with Crippen LogP contribution in [0, 0.1) is 5.92 Å². The molecule has 7 nitrogen and oxygen atoms in total. The summed E-state index contributed by atoms with van der Waals surface area (Å²) in [7, 11) is 1.34. The molecule has 0 amide bonds. The highest BCUT2D eigenvalue weighted by molar-refractivity contribution is 5.88. The van der Waals surface area contributed by atoms with Crippen molar-refractivity contribution < 1.29 is 29.6 Å². The highest BCUT2D eigenvalue weighted by Gasteiger charge is 2.22. The van der Waals surface area contributed by atoms with Gasteiger partial charge in [0.05, 0.1) is 7.11 Å². The summed E-state index contributed by atoms with van der Waals surface area (Å²) in [5, 5.41) is 40.2. The van der Waals surface area contributed by atoms with E-state index in [1.807, 2.05) is 26.8 Å². The van der Waals surface area contributed by atoms with Crippen LogP contribution in [0.5, 0.6) is 23.0 Å². The molecule has 0 aliphatic rings. The van der Waals surface area contributed by atoms with Crippen LogP contribution in [0.2, 0.25) is 0 Å². The molecule has 7 heteroatoms. The third-order valence-corrected chi connectivity index (χ3v) is 5.60. The fourth-order valence-electron chi connectivity index (χ4n) is 3.69. The lowest BCUT2D eigenvalue weighted by molar-refractivity contribution is 0.230. The van der Waals surface area contributed by atoms with Gasteiger partial charge in [-0.05, 0) is 62.3 Å². The van der Waals surface area contributed by atoms with E-state index in [1.165, 1.54) is 13.2 Å². The summed E-state index contributed by atoms with van der Waals surface area (Å²) in [5.74, 6) is -0.371. The van der Waals surface area contributed by atoms with Gasteiger partial charge in [-0.25, -0.2) is 0 Å². The highest BCUT2D eigenvalue weighted by Crippen LogP contribution is 2.38. The molecule has 3 rings (SSSR count). The van der Waals surface area contributed by atoms with Gasteiger partial charge in [-0.3, -0.25) is 4.79 Å². The van der Waals surface area contributed by atoms with Crippen LogP contribution in [0.4, 0.5) is 0 Å². The fraction of sp³-hybridized carbons (Fsp3) is 0.346. The molecule has 0 saturated carbocycles. The maximum absolute atomic E-state index is 13.1. The Morgan fingerprint density at radius 1 is 1.12 bits per heavy atom. The van der Waals surface area contributed by atoms with E-state index in [-0.39, 0.29) is 46.5 Å². The van der Waals surface area contributed by atoms with Gasteiger partial charge in [0.2, 0.25) is 11.2 Å². The lowest BCUT2D eigenvalue weighted by Gasteiger charge is -2.16. The van der Waals surface area contributed by atoms with Gasteiger partial charge < -0.3 is 29.6 Å². The Bertz CT molecular complexity index is 1250. The minimum atomic E-state index is -0.569. The van der Waals surface area contributed by atoms with Crippen LogP contribution in [-0.2, 0) is 12.8 Å². The van der Waals surface area contributed by atoms with Gasteiger partial charge in [-0.15, -0.1) is 0 Å². The number of hydrogen-bond acceptors (Lipinski definition) is 7. The fourth-order valence-corrected chi connectivity index (χ4v) is 3.69. The summed E-state index contributed by atoms with van der Waals surface area (Å²) in [5.41, 5.74) is 2.38. The third-order valence-electron chi connectivity index (χ3n) is 5.60. The minimum absolute atomic E-state index is 0.0164. The summed E-state index contributed by atoms with van der Waals surface area (Å²) < 4.78 is 11.3. The van der Waals surface area contributed by atoms with Gasteiger partial charge in [0.15, 0.2) is 5.76 Å². The largest absolute Gasteiger partial charge is 0.508 e. The molecule has 1 atom stereocenters. The SMILES string of the molecule is COc1c(-c2cc(CC=C(C)C)c(O)c(CC[C@H](C)CO)c2)oc2cc(O)cc(O)c2c1=O. The van der Waals surface area contributed by atoms with Gasteiger partial charge in [0, 0.05) is 24.3 Å². The molecule has 1 aromatic heterocycles. The molecular formula is C26H30O7. The molecule has 0 fully saturated rings. The van der Waals surface area contributed by atoms with E-state index in [0.717, 1.165) is 11.6 Å². The molecular weight excluding hydrogens is 424 g/mol. The maximum atomic E-state index is 13.1. The van der Waals surface area contributed by atoms with Crippen LogP contribution in [0.25, 0.3) is 22.3 Å². The summed E-state index contributed by atoms with van der Waals surface area (Å²) in [6.07, 6.45) is 3.65. The Morgan fingerprint density at radius 2 is 1.82 bits per heavy atom. The van der Waals surface area contributed by atoms with E-state index in [1.54, 1.807) is 12.1 Å². The number of phenols is 3. The van der Waals surface area contributed by atoms with Crippen LogP contribution in [-0.4, -0.2) is 34.1 Å². The second-order valence-electron chi connectivity index (χ2n) is 8.59. The summed E-state index contributed by atoms with van der Waals surface area (Å²) in [6, 6.07) is 5.80. The molecule has 0 aliphatic carbocycles. The topological polar surface area (TPSA) is 120 Å². The lowest BCUT2D eigenvalue weighted by atomic mass is 9.94. The molecule has 0 aliphatic heterocycles. The van der Waals surface area contributed by atoms with Crippen molar-refractivity contribution in [2.24, 2.45) is 5.92 Å². The van der Waals surface area contributed by atoms with Crippen LogP contribution in [0.3, 0.4) is 0 Å². The van der Waals surface area contributed by atoms with Crippen LogP contribution in [0.1, 0.15) is 38.3 Å². The van der Waals surface area contributed by atoms with E-state index in [0.29, 0.717) is 36.0 Å². The first-order valence-corrected chi connectivity index (χ1v) is 10.8. The van der Waals surface area contributed by atoms with Crippen molar-refractivity contribution in [2.75, 3.05) is 13.7 Å². The number of hydrogen-bond donors (Lipinski definition) is 4. The first-order chi connectivity index (χ1) is 15.7. The van der Waals surface area contributed by atoms with Crippen LogP contribution in [0.15, 0.2) is 45.1 Å². The third kappa shape index (κ3) is 5.14. The lowest BCUT2D eigenvalue weighted by Crippen LogP contribution is -2.08. The number of aliphatic hydroxyl groups excluding tert-OH is 1. The molecule has 0 bridgehead atoms. The Balaban J connectivity index is 2.26. The van der Waals surface area contributed by atoms with Crippen LogP contribution < -0.4 is 10.2 Å². The molecule has 4 N–H and O–H groups in total. The smallest absolute Gasteiger partial charge is 0.239 e. The molecule has 2 aromatic carbocycles. The normalized spacial score (nSPS) is 12.0. The van der Waals surface area contributed by atoms with Gasteiger partial charge in [0.1, 0.15) is 28.2 Å². The number of aryl methyl sites for hydroxylation is 1. The zero-order valence-electron chi connectivity index (χ0n) is 19.3. The summed E-state index contributed by atoms with van der Waals surface area (Å²) in [6.45, 7) is 5.91. The Labute approximate surface area is 192 Å². The second kappa shape index (κ2) is 10.0. The van der Waals surface area contributed by atoms with E-state index in [9.17, 15) is 25.2 Å². The quantitative estimate of drug-likeness (QED) is 0.366. The van der Waals surface area contributed by atoms with Crippen LogP contribution >= 0.6 is 0 Å². The molecule has 176 valence electrons. The first kappa shape index (κ1) is 24.2. The Hall–Kier alpha value is -3.45. The molecule has 0 saturated heterocycles. The standard InChI is InChI=1S/C26H30O7/c1-14(2)5-7-16-9-18(10-17(23(16)30)8-6-15(3)13-27)25-26(32-4)24(31)22-20(29)11-19(28)12-21(22)33-25/h5,9-12,15,27-30H,6-8,13H2,1-4H3/t15-/m0/s1. The van der Waals surface area contributed by atoms with Crippen molar-refractivity contribution in [2.45, 2.75) is 40.0 Å². The van der Waals surface area contributed by atoms with E-state index in [4.69, 9.17) is 9.15 Å². The van der Waals surface area contributed by atoms with Crippen molar-refractivity contribution >= 4 is 11.0 Å². The zero-order chi connectivity index (χ0) is 24.3. The number of allylic oxidation sites excluding steroid dienone is 2. The van der Waals surface area contributed by atoms with E-state index < -0.39 is 11.2 Å². The number of aliphatic hydroxyl groups is 1. The summed E-state index contributed by atoms with van der Waals surface area (Å²) >= 11 is 0. The van der Waals surface area contributed by atoms with Crippen molar-refractivity contribution in [3.8, 4) is 34.3 Å². The second-order valence-corrected chi connectivity index (χ2v) is 8.59. The van der Waals surface area contributed by atoms with Crippen molar-refractivity contribution in [1.29, 1.82) is 0 Å². The number of benzene rings is 2. The molecule has 0 spiro atoms. The van der Waals surface area contributed by atoms with E-state index in [2.05, 4.69) is 0 Å². The molecule has 33 heavy (non-hydrogen) atoms. The average Bonchev–Trinajstić information content (AvgIpc) is 2.76. The number of methoxy groups -OCH3 is 1. The van der Waals surface area contributed by atoms with Gasteiger partial charge >= 0.3 is 0 Å². The number of phenolic OH excluding ortho intramolecular Hbond substituents is 3. The van der Waals surface area contributed by atoms with Crippen molar-refractivity contribution in [3.05, 3.63) is 57.3 Å². The molecule has 0 unspecified atom stereocenters. The highest BCUT2D eigenvalue weighted by atomic mass is 16.5. The number of rotatable bonds is 8. The van der Waals surface area contributed by atoms with E-state index >= 15 is 0 Å². The zero-order valence-corrected chi connectivity index (χ0v) is 19.3. The molecule has 3 aromatic rings. The average molecular weight is 455 g/mol. The van der Waals surface area contributed by atoms with Gasteiger partial charge in [-0.2, -0.15) is 0 Å². The first-order valence-electron chi connectivity index (χ1n) is 10.8. The number of fused-ring (bicyclic) bond motifs is 1. The van der Waals surface area contributed by atoms with Crippen molar-refractivity contribution in [3.63, 3.8) is 0 Å². The predicted octanol–water partition coefficient (Wildman–Crippen LogP) is 4.66. The number of ether oxygens (including phenoxy) is 1. The molecule has 0 radical (unpaired) electrons. The maximum Gasteiger partial charge on any atom is 0.239 e.